The van der Waals surface area contributed by atoms with Crippen molar-refractivity contribution >= 4 is 109 Å². The SMILES string of the molecule is CCCCCCCCc1ccc2c(c1)c1cc(CCCCCCCC)ccc1n2-c1ccc2c(c1)[C@H]1c3ccc(-n4c5ccc(CCCCCCCC)cc5c5cc(CCCCCCCC)ccc54)cc3[C@@H]2c2nc3c(Br)c4nsnc4c(Br)c3nc21. The number of unbranched alkanes of at least 4 members (excludes halogenated alkanes) is 20. The number of benzene rings is 7. The van der Waals surface area contributed by atoms with E-state index >= 15 is 0 Å². The number of hydrogen-bond donors (Lipinski definition) is 0. The van der Waals surface area contributed by atoms with Gasteiger partial charge in [-0.25, -0.2) is 9.97 Å². The number of aromatic nitrogens is 6. The monoisotopic (exact) mass is 1300 g/mol. The quantitative estimate of drug-likeness (QED) is 0.0421. The van der Waals surface area contributed by atoms with Crippen molar-refractivity contribution < 1.29 is 0 Å². The first-order valence-electron chi connectivity index (χ1n) is 34.1. The summed E-state index contributed by atoms with van der Waals surface area (Å²) in [5.41, 5.74) is 23.8. The molecule has 0 amide bonds. The second-order valence-electron chi connectivity index (χ2n) is 25.9. The normalized spacial score (nSPS) is 14.5. The maximum absolute atomic E-state index is 5.72. The van der Waals surface area contributed by atoms with Crippen LogP contribution in [0, 0.1) is 0 Å². The van der Waals surface area contributed by atoms with Crippen LogP contribution in [0.2, 0.25) is 0 Å². The first-order chi connectivity index (χ1) is 42.9. The second kappa shape index (κ2) is 27.6. The average Bonchev–Trinajstić information content (AvgIpc) is 1.01. The van der Waals surface area contributed by atoms with E-state index in [1.165, 1.54) is 265 Å². The van der Waals surface area contributed by atoms with Gasteiger partial charge in [0, 0.05) is 32.9 Å². The minimum absolute atomic E-state index is 0.135. The van der Waals surface area contributed by atoms with Crippen molar-refractivity contribution in [2.24, 2.45) is 0 Å². The van der Waals surface area contributed by atoms with E-state index < -0.39 is 0 Å². The molecule has 0 aliphatic heterocycles. The fourth-order valence-corrected chi connectivity index (χ4v) is 17.0. The molecule has 11 aromatic rings. The summed E-state index contributed by atoms with van der Waals surface area (Å²) >= 11 is 9.20. The third-order valence-corrected chi connectivity index (χ3v) is 21.8. The molecular formula is C78H88Br2N6S. The molecule has 9 heteroatoms. The smallest absolute Gasteiger partial charge is 0.122 e. The van der Waals surface area contributed by atoms with Gasteiger partial charge in [0.1, 0.15) is 22.1 Å². The fourth-order valence-electron chi connectivity index (χ4n) is 15.1. The van der Waals surface area contributed by atoms with Crippen molar-refractivity contribution in [1.29, 1.82) is 0 Å². The second-order valence-corrected chi connectivity index (χ2v) is 28.0. The summed E-state index contributed by atoms with van der Waals surface area (Å²) in [6.45, 7) is 9.23. The minimum Gasteiger partial charge on any atom is -0.309 e. The first-order valence-corrected chi connectivity index (χ1v) is 36.4. The van der Waals surface area contributed by atoms with Crippen molar-refractivity contribution in [3.8, 4) is 11.4 Å². The van der Waals surface area contributed by atoms with Gasteiger partial charge in [0.05, 0.1) is 66.0 Å². The molecule has 0 fully saturated rings. The molecule has 3 aliphatic carbocycles. The topological polar surface area (TPSA) is 61.4 Å². The Morgan fingerprint density at radius 1 is 0.333 bits per heavy atom. The molecule has 87 heavy (non-hydrogen) atoms. The molecule has 2 atom stereocenters. The van der Waals surface area contributed by atoms with Crippen LogP contribution < -0.4 is 0 Å². The lowest BCUT2D eigenvalue weighted by Crippen LogP contribution is -2.30. The largest absolute Gasteiger partial charge is 0.309 e. The van der Waals surface area contributed by atoms with E-state index in [-0.39, 0.29) is 11.8 Å². The van der Waals surface area contributed by atoms with E-state index in [0.717, 1.165) is 68.1 Å². The summed E-state index contributed by atoms with van der Waals surface area (Å²) < 4.78 is 16.3. The van der Waals surface area contributed by atoms with Gasteiger partial charge in [0.2, 0.25) is 0 Å². The summed E-state index contributed by atoms with van der Waals surface area (Å²) in [6.07, 6.45) is 35.9. The van der Waals surface area contributed by atoms with E-state index in [1.807, 2.05) is 0 Å². The zero-order chi connectivity index (χ0) is 59.4. The van der Waals surface area contributed by atoms with Crippen molar-refractivity contribution in [3.63, 3.8) is 0 Å². The van der Waals surface area contributed by atoms with Gasteiger partial charge in [-0.05, 0) is 201 Å². The standard InChI is InChI=1S/C78H88Br2N6S/c1-5-9-13-17-21-25-29-51-33-41-65-59(45-51)60-46-52(30-26-22-18-14-10-6-2)34-42-66(60)85(65)55-37-39-57-63(49-55)69-58-40-38-56(50-64(58)70(57)74-73(69)81-75-71(79)77-78(84-87-83-77)72(80)76(75)82-74)86-67-43-35-53(31-27-23-19-15-11-7-3)47-61(67)62-48-54(36-44-68(62)86)32-28-24-20-16-12-8-4/h33-50,69-70H,5-32H2,1-4H3/t69-,70-/m1/s1. The number of fused-ring (bicyclic) bond motifs is 8. The molecule has 0 unspecified atom stereocenters. The lowest BCUT2D eigenvalue weighted by atomic mass is 9.64. The molecule has 4 aromatic heterocycles. The molecule has 0 saturated heterocycles. The van der Waals surface area contributed by atoms with E-state index in [0.29, 0.717) is 0 Å². The van der Waals surface area contributed by atoms with E-state index in [2.05, 4.69) is 178 Å². The van der Waals surface area contributed by atoms with Gasteiger partial charge in [-0.3, -0.25) is 0 Å². The highest BCUT2D eigenvalue weighted by atomic mass is 79.9. The summed E-state index contributed by atoms with van der Waals surface area (Å²) in [5.74, 6) is -0.270. The van der Waals surface area contributed by atoms with Crippen LogP contribution in [0.5, 0.6) is 0 Å². The highest BCUT2D eigenvalue weighted by Crippen LogP contribution is 2.57. The lowest BCUT2D eigenvalue weighted by molar-refractivity contribution is 0.607. The summed E-state index contributed by atoms with van der Waals surface area (Å²) in [6, 6.07) is 44.2. The predicted octanol–water partition coefficient (Wildman–Crippen LogP) is 24.0. The molecule has 6 nitrogen and oxygen atoms in total. The van der Waals surface area contributed by atoms with Gasteiger partial charge in [-0.2, -0.15) is 8.75 Å². The maximum Gasteiger partial charge on any atom is 0.122 e. The van der Waals surface area contributed by atoms with Crippen molar-refractivity contribution in [1.82, 2.24) is 27.8 Å². The third-order valence-electron chi connectivity index (χ3n) is 19.8. The zero-order valence-electron chi connectivity index (χ0n) is 52.2. The average molecular weight is 1300 g/mol. The Hall–Kier alpha value is -5.74. The first kappa shape index (κ1) is 60.2. The van der Waals surface area contributed by atoms with Crippen LogP contribution in [0.3, 0.4) is 0 Å². The van der Waals surface area contributed by atoms with Crippen LogP contribution in [0.1, 0.15) is 250 Å². The van der Waals surface area contributed by atoms with Crippen molar-refractivity contribution in [2.75, 3.05) is 0 Å². The lowest BCUT2D eigenvalue weighted by Gasteiger charge is -2.41. The van der Waals surface area contributed by atoms with Crippen LogP contribution in [0.25, 0.3) is 77.1 Å². The summed E-state index contributed by atoms with van der Waals surface area (Å²) in [4.78, 5) is 11.4. The predicted molar refractivity (Wildman–Crippen MR) is 378 cm³/mol. The van der Waals surface area contributed by atoms with E-state index in [1.54, 1.807) is 0 Å². The molecule has 7 aromatic carbocycles. The Bertz CT molecular complexity index is 3840. The van der Waals surface area contributed by atoms with Crippen molar-refractivity contribution in [2.45, 2.75) is 219 Å². The number of hydrogen-bond acceptors (Lipinski definition) is 5. The van der Waals surface area contributed by atoms with Gasteiger partial charge in [-0.15, -0.1) is 0 Å². The molecule has 4 heterocycles. The summed E-state index contributed by atoms with van der Waals surface area (Å²) in [5, 5.41) is 5.46. The molecule has 14 rings (SSSR count). The van der Waals surface area contributed by atoms with Crippen LogP contribution >= 0.6 is 43.6 Å². The van der Waals surface area contributed by atoms with Gasteiger partial charge in [-0.1, -0.05) is 193 Å². The minimum atomic E-state index is -0.135. The number of nitrogens with zero attached hydrogens (tertiary/aromatic N) is 6. The Kier molecular flexibility index (Phi) is 19.1. The van der Waals surface area contributed by atoms with Gasteiger partial charge in [0.25, 0.3) is 0 Å². The van der Waals surface area contributed by atoms with E-state index in [9.17, 15) is 0 Å². The van der Waals surface area contributed by atoms with Crippen molar-refractivity contribution in [3.05, 3.63) is 174 Å². The molecule has 0 saturated carbocycles. The molecule has 0 spiro atoms. The van der Waals surface area contributed by atoms with Crippen LogP contribution in [-0.4, -0.2) is 27.8 Å². The third kappa shape index (κ3) is 12.0. The Balaban J connectivity index is 0.920. The number of halogens is 2. The van der Waals surface area contributed by atoms with Gasteiger partial charge in [0.15, 0.2) is 0 Å². The Morgan fingerprint density at radius 2 is 0.632 bits per heavy atom. The van der Waals surface area contributed by atoms with Crippen LogP contribution in [0.15, 0.2) is 118 Å². The molecular weight excluding hydrogens is 1210 g/mol. The van der Waals surface area contributed by atoms with Gasteiger partial charge >= 0.3 is 0 Å². The molecule has 0 radical (unpaired) electrons. The molecule has 450 valence electrons. The highest BCUT2D eigenvalue weighted by molar-refractivity contribution is 9.11. The highest BCUT2D eigenvalue weighted by Gasteiger charge is 2.45. The molecule has 0 N–H and O–H groups in total. The Labute approximate surface area is 538 Å². The molecule has 3 aliphatic rings. The maximum atomic E-state index is 5.72. The zero-order valence-corrected chi connectivity index (χ0v) is 56.2. The van der Waals surface area contributed by atoms with Gasteiger partial charge < -0.3 is 9.13 Å². The molecule has 2 bridgehead atoms. The van der Waals surface area contributed by atoms with Crippen LogP contribution in [0.4, 0.5) is 0 Å². The Morgan fingerprint density at radius 3 is 0.943 bits per heavy atom. The number of aryl methyl sites for hydroxylation is 4. The van der Waals surface area contributed by atoms with Crippen LogP contribution in [-0.2, 0) is 25.7 Å². The van der Waals surface area contributed by atoms with E-state index in [4.69, 9.17) is 18.7 Å². The number of rotatable bonds is 30. The summed E-state index contributed by atoms with van der Waals surface area (Å²) in [7, 11) is 0. The fraction of sp³-hybridized carbons (Fsp3) is 0.436.